The van der Waals surface area contributed by atoms with Crippen LogP contribution in [-0.4, -0.2) is 18.3 Å². The number of fused-ring (bicyclic) bond motifs is 1. The van der Waals surface area contributed by atoms with Crippen molar-refractivity contribution in [2.75, 3.05) is 18.5 Å². The molecule has 0 radical (unpaired) electrons. The molecule has 1 aromatic rings. The highest BCUT2D eigenvalue weighted by molar-refractivity contribution is 9.10. The van der Waals surface area contributed by atoms with Crippen LogP contribution in [0.1, 0.15) is 11.5 Å². The highest BCUT2D eigenvalue weighted by Crippen LogP contribution is 2.36. The molecule has 0 spiro atoms. The lowest BCUT2D eigenvalue weighted by molar-refractivity contribution is 0.273. The van der Waals surface area contributed by atoms with Gasteiger partial charge in [-0.15, -0.1) is 0 Å². The maximum Gasteiger partial charge on any atom is 0.0517 e. The van der Waals surface area contributed by atoms with Gasteiger partial charge in [-0.25, -0.2) is 0 Å². The Bertz CT molecular complexity index is 301. The first kappa shape index (κ1) is 8.08. The molecule has 2 nitrogen and oxygen atoms in total. The zero-order valence-corrected chi connectivity index (χ0v) is 8.13. The zero-order valence-electron chi connectivity index (χ0n) is 6.55. The van der Waals surface area contributed by atoms with E-state index in [4.69, 9.17) is 5.11 Å². The van der Waals surface area contributed by atoms with Crippen molar-refractivity contribution < 1.29 is 5.11 Å². The summed E-state index contributed by atoms with van der Waals surface area (Å²) in [4.78, 5) is 0. The fourth-order valence-electron chi connectivity index (χ4n) is 1.60. The van der Waals surface area contributed by atoms with Gasteiger partial charge in [-0.05, 0) is 17.7 Å². The average molecular weight is 228 g/mol. The third-order valence-electron chi connectivity index (χ3n) is 2.22. The molecule has 0 bridgehead atoms. The molecule has 1 atom stereocenters. The fourth-order valence-corrected chi connectivity index (χ4v) is 2.29. The summed E-state index contributed by atoms with van der Waals surface area (Å²) in [6.07, 6.45) is 0. The maximum atomic E-state index is 9.08. The lowest BCUT2D eigenvalue weighted by atomic mass is 10.0. The predicted molar refractivity (Wildman–Crippen MR) is 52.5 cm³/mol. The summed E-state index contributed by atoms with van der Waals surface area (Å²) < 4.78 is 1.09. The molecule has 64 valence electrons. The number of nitrogens with one attached hydrogen (secondary N) is 1. The molecule has 12 heavy (non-hydrogen) atoms. The first-order valence-corrected chi connectivity index (χ1v) is 4.75. The first-order chi connectivity index (χ1) is 5.83. The maximum absolute atomic E-state index is 9.08. The highest BCUT2D eigenvalue weighted by Gasteiger charge is 2.23. The topological polar surface area (TPSA) is 32.3 Å². The van der Waals surface area contributed by atoms with Crippen LogP contribution in [0, 0.1) is 0 Å². The molecule has 0 aliphatic carbocycles. The largest absolute Gasteiger partial charge is 0.396 e. The summed E-state index contributed by atoms with van der Waals surface area (Å²) in [5.41, 5.74) is 2.35. The van der Waals surface area contributed by atoms with Gasteiger partial charge in [0.05, 0.1) is 6.61 Å². The standard InChI is InChI=1S/C9H10BrNO/c10-7-2-1-3-8-9(7)6(5-12)4-11-8/h1-3,6,11-12H,4-5H2. The van der Waals surface area contributed by atoms with E-state index in [1.165, 1.54) is 5.56 Å². The van der Waals surface area contributed by atoms with E-state index < -0.39 is 0 Å². The third kappa shape index (κ3) is 1.13. The zero-order chi connectivity index (χ0) is 8.55. The Morgan fingerprint density at radius 3 is 3.17 bits per heavy atom. The highest BCUT2D eigenvalue weighted by atomic mass is 79.9. The first-order valence-electron chi connectivity index (χ1n) is 3.96. The van der Waals surface area contributed by atoms with Crippen LogP contribution in [0.5, 0.6) is 0 Å². The van der Waals surface area contributed by atoms with Crippen LogP contribution >= 0.6 is 15.9 Å². The van der Waals surface area contributed by atoms with Gasteiger partial charge in [0.15, 0.2) is 0 Å². The summed E-state index contributed by atoms with van der Waals surface area (Å²) in [5, 5.41) is 12.3. The van der Waals surface area contributed by atoms with Crippen molar-refractivity contribution in [3.63, 3.8) is 0 Å². The van der Waals surface area contributed by atoms with E-state index in [0.717, 1.165) is 16.7 Å². The molecule has 0 amide bonds. The number of halogens is 1. The Morgan fingerprint density at radius 1 is 1.58 bits per heavy atom. The van der Waals surface area contributed by atoms with E-state index in [2.05, 4.69) is 21.2 Å². The van der Waals surface area contributed by atoms with Gasteiger partial charge in [-0.3, -0.25) is 0 Å². The van der Waals surface area contributed by atoms with Crippen LogP contribution in [0.25, 0.3) is 0 Å². The molecule has 1 aliphatic heterocycles. The van der Waals surface area contributed by atoms with E-state index in [-0.39, 0.29) is 12.5 Å². The number of rotatable bonds is 1. The Labute approximate surface area is 79.7 Å². The van der Waals surface area contributed by atoms with Gasteiger partial charge in [0.2, 0.25) is 0 Å². The second-order valence-electron chi connectivity index (χ2n) is 2.96. The minimum Gasteiger partial charge on any atom is -0.396 e. The number of hydrogen-bond donors (Lipinski definition) is 2. The SMILES string of the molecule is OCC1CNc2cccc(Br)c21. The van der Waals surface area contributed by atoms with Gasteiger partial charge < -0.3 is 10.4 Å². The van der Waals surface area contributed by atoms with Crippen molar-refractivity contribution in [2.45, 2.75) is 5.92 Å². The van der Waals surface area contributed by atoms with Gasteiger partial charge in [0.25, 0.3) is 0 Å². The van der Waals surface area contributed by atoms with E-state index in [1.54, 1.807) is 0 Å². The molecule has 1 aliphatic rings. The molecule has 0 saturated heterocycles. The Kier molecular flexibility index (Phi) is 2.07. The quantitative estimate of drug-likeness (QED) is 0.769. The van der Waals surface area contributed by atoms with Crippen LogP contribution in [0.2, 0.25) is 0 Å². The molecule has 0 fully saturated rings. The molecule has 1 unspecified atom stereocenters. The van der Waals surface area contributed by atoms with Crippen molar-refractivity contribution in [3.05, 3.63) is 28.2 Å². The van der Waals surface area contributed by atoms with Gasteiger partial charge in [0.1, 0.15) is 0 Å². The molecule has 3 heteroatoms. The predicted octanol–water partition coefficient (Wildman–Crippen LogP) is 1.95. The lowest BCUT2D eigenvalue weighted by Crippen LogP contribution is -2.06. The summed E-state index contributed by atoms with van der Waals surface area (Å²) >= 11 is 3.48. The number of benzene rings is 1. The normalized spacial score (nSPS) is 20.3. The number of anilines is 1. The summed E-state index contributed by atoms with van der Waals surface area (Å²) in [6.45, 7) is 1.05. The number of hydrogen-bond acceptors (Lipinski definition) is 2. The van der Waals surface area contributed by atoms with Gasteiger partial charge in [0, 0.05) is 22.6 Å². The second kappa shape index (κ2) is 3.07. The van der Waals surface area contributed by atoms with Crippen molar-refractivity contribution >= 4 is 21.6 Å². The third-order valence-corrected chi connectivity index (χ3v) is 2.91. The van der Waals surface area contributed by atoms with Crippen molar-refractivity contribution in [1.29, 1.82) is 0 Å². The molecule has 0 aromatic heterocycles. The van der Waals surface area contributed by atoms with Crippen LogP contribution in [0.3, 0.4) is 0 Å². The molecule has 1 aromatic carbocycles. The Hall–Kier alpha value is -0.540. The average Bonchev–Trinajstić information content (AvgIpc) is 2.49. The van der Waals surface area contributed by atoms with E-state index in [9.17, 15) is 0 Å². The smallest absolute Gasteiger partial charge is 0.0517 e. The Morgan fingerprint density at radius 2 is 2.42 bits per heavy atom. The van der Waals surface area contributed by atoms with Crippen molar-refractivity contribution in [3.8, 4) is 0 Å². The molecule has 2 N–H and O–H groups in total. The molecule has 2 rings (SSSR count). The fraction of sp³-hybridized carbons (Fsp3) is 0.333. The molecule has 1 heterocycles. The summed E-state index contributed by atoms with van der Waals surface area (Å²) in [5.74, 6) is 0.246. The van der Waals surface area contributed by atoms with Crippen LogP contribution in [0.15, 0.2) is 22.7 Å². The van der Waals surface area contributed by atoms with Crippen LogP contribution in [-0.2, 0) is 0 Å². The monoisotopic (exact) mass is 227 g/mol. The molecular weight excluding hydrogens is 218 g/mol. The van der Waals surface area contributed by atoms with E-state index >= 15 is 0 Å². The van der Waals surface area contributed by atoms with Gasteiger partial charge >= 0.3 is 0 Å². The molecular formula is C9H10BrNO. The second-order valence-corrected chi connectivity index (χ2v) is 3.82. The summed E-state index contributed by atoms with van der Waals surface area (Å²) in [6, 6.07) is 6.04. The van der Waals surface area contributed by atoms with Crippen molar-refractivity contribution in [1.82, 2.24) is 0 Å². The Balaban J connectivity index is 2.48. The minimum absolute atomic E-state index is 0.211. The van der Waals surface area contributed by atoms with Crippen LogP contribution in [0.4, 0.5) is 5.69 Å². The van der Waals surface area contributed by atoms with E-state index in [0.29, 0.717) is 0 Å². The minimum atomic E-state index is 0.211. The van der Waals surface area contributed by atoms with Gasteiger partial charge in [-0.2, -0.15) is 0 Å². The molecule has 0 saturated carbocycles. The number of aliphatic hydroxyl groups excluding tert-OH is 1. The summed E-state index contributed by atoms with van der Waals surface area (Å²) in [7, 11) is 0. The van der Waals surface area contributed by atoms with Gasteiger partial charge in [-0.1, -0.05) is 22.0 Å². The van der Waals surface area contributed by atoms with Crippen molar-refractivity contribution in [2.24, 2.45) is 0 Å². The van der Waals surface area contributed by atoms with E-state index in [1.807, 2.05) is 18.2 Å². The number of aliphatic hydroxyl groups is 1. The van der Waals surface area contributed by atoms with Crippen LogP contribution < -0.4 is 5.32 Å². The lowest BCUT2D eigenvalue weighted by Gasteiger charge is -2.06.